The van der Waals surface area contributed by atoms with Gasteiger partial charge in [-0.05, 0) is 37.1 Å². The van der Waals surface area contributed by atoms with E-state index in [2.05, 4.69) is 38.4 Å². The minimum absolute atomic E-state index is 0.410. The average molecular weight is 343 g/mol. The lowest BCUT2D eigenvalue weighted by molar-refractivity contribution is 0.209. The van der Waals surface area contributed by atoms with Crippen molar-refractivity contribution in [2.45, 2.75) is 25.4 Å². The molecule has 1 aliphatic rings. The third-order valence-corrected chi connectivity index (χ3v) is 4.89. The Bertz CT molecular complexity index is 924. The minimum atomic E-state index is 0.410. The second-order valence-electron chi connectivity index (χ2n) is 6.70. The summed E-state index contributed by atoms with van der Waals surface area (Å²) in [6.45, 7) is 3.00. The molecule has 1 saturated heterocycles. The molecule has 26 heavy (non-hydrogen) atoms. The SMILES string of the molecule is N#Cc1cc(NC2CCN(Cc3ccccn3)CC2)c2ccccc2n1. The Morgan fingerprint density at radius 1 is 1.12 bits per heavy atom. The van der Waals surface area contributed by atoms with Crippen LogP contribution in [0.1, 0.15) is 24.2 Å². The molecule has 1 N–H and O–H groups in total. The lowest BCUT2D eigenvalue weighted by Crippen LogP contribution is -2.38. The van der Waals surface area contributed by atoms with Gasteiger partial charge in [0.1, 0.15) is 11.8 Å². The van der Waals surface area contributed by atoms with E-state index in [1.807, 2.05) is 42.6 Å². The zero-order valence-corrected chi connectivity index (χ0v) is 14.6. The van der Waals surface area contributed by atoms with Gasteiger partial charge in [-0.1, -0.05) is 24.3 Å². The van der Waals surface area contributed by atoms with Crippen molar-refractivity contribution in [2.75, 3.05) is 18.4 Å². The fraction of sp³-hybridized carbons (Fsp3) is 0.286. The highest BCUT2D eigenvalue weighted by Gasteiger charge is 2.20. The largest absolute Gasteiger partial charge is 0.382 e. The molecule has 1 aromatic carbocycles. The highest BCUT2D eigenvalue weighted by molar-refractivity contribution is 5.91. The maximum absolute atomic E-state index is 9.25. The predicted molar refractivity (Wildman–Crippen MR) is 103 cm³/mol. The number of likely N-dealkylation sites (tertiary alicyclic amines) is 1. The molecule has 5 nitrogen and oxygen atoms in total. The van der Waals surface area contributed by atoms with E-state index in [1.165, 1.54) is 0 Å². The number of fused-ring (bicyclic) bond motifs is 1. The molecule has 5 heteroatoms. The van der Waals surface area contributed by atoms with E-state index in [9.17, 15) is 5.26 Å². The lowest BCUT2D eigenvalue weighted by Gasteiger charge is -2.32. The number of aromatic nitrogens is 2. The first kappa shape index (κ1) is 16.5. The van der Waals surface area contributed by atoms with Gasteiger partial charge in [-0.15, -0.1) is 0 Å². The molecule has 0 unspecified atom stereocenters. The van der Waals surface area contributed by atoms with Crippen LogP contribution in [-0.2, 0) is 6.54 Å². The monoisotopic (exact) mass is 343 g/mol. The summed E-state index contributed by atoms with van der Waals surface area (Å²) in [5, 5.41) is 14.0. The first-order valence-electron chi connectivity index (χ1n) is 9.00. The first-order chi connectivity index (χ1) is 12.8. The van der Waals surface area contributed by atoms with Crippen LogP contribution < -0.4 is 5.32 Å². The molecule has 4 rings (SSSR count). The maximum Gasteiger partial charge on any atom is 0.143 e. The number of hydrogen-bond donors (Lipinski definition) is 1. The summed E-state index contributed by atoms with van der Waals surface area (Å²) in [7, 11) is 0. The van der Waals surface area contributed by atoms with E-state index < -0.39 is 0 Å². The smallest absolute Gasteiger partial charge is 0.143 e. The Morgan fingerprint density at radius 3 is 2.69 bits per heavy atom. The van der Waals surface area contributed by atoms with E-state index in [0.717, 1.165) is 54.8 Å². The van der Waals surface area contributed by atoms with Crippen LogP contribution in [0.25, 0.3) is 10.9 Å². The number of para-hydroxylation sites is 1. The first-order valence-corrected chi connectivity index (χ1v) is 9.00. The third kappa shape index (κ3) is 3.66. The van der Waals surface area contributed by atoms with Crippen molar-refractivity contribution in [3.63, 3.8) is 0 Å². The number of rotatable bonds is 4. The van der Waals surface area contributed by atoms with Gasteiger partial charge in [0.05, 0.1) is 11.2 Å². The zero-order valence-electron chi connectivity index (χ0n) is 14.6. The fourth-order valence-electron chi connectivity index (χ4n) is 3.53. The molecule has 3 heterocycles. The molecule has 0 spiro atoms. The van der Waals surface area contributed by atoms with Crippen LogP contribution in [-0.4, -0.2) is 34.0 Å². The minimum Gasteiger partial charge on any atom is -0.382 e. The molecular weight excluding hydrogens is 322 g/mol. The topological polar surface area (TPSA) is 64.8 Å². The number of nitrogens with zero attached hydrogens (tertiary/aromatic N) is 4. The Hall–Kier alpha value is -2.97. The summed E-state index contributed by atoms with van der Waals surface area (Å²) in [4.78, 5) is 11.3. The van der Waals surface area contributed by atoms with Gasteiger partial charge in [-0.2, -0.15) is 5.26 Å². The van der Waals surface area contributed by atoms with Crippen molar-refractivity contribution < 1.29 is 0 Å². The van der Waals surface area contributed by atoms with Crippen LogP contribution in [0.3, 0.4) is 0 Å². The molecule has 1 fully saturated rings. The molecule has 3 aromatic rings. The number of anilines is 1. The molecule has 0 amide bonds. The summed E-state index contributed by atoms with van der Waals surface area (Å²) >= 11 is 0. The van der Waals surface area contributed by atoms with Gasteiger partial charge < -0.3 is 5.32 Å². The maximum atomic E-state index is 9.25. The van der Waals surface area contributed by atoms with E-state index in [1.54, 1.807) is 0 Å². The second-order valence-corrected chi connectivity index (χ2v) is 6.70. The van der Waals surface area contributed by atoms with Crippen molar-refractivity contribution >= 4 is 16.6 Å². The van der Waals surface area contributed by atoms with Gasteiger partial charge in [0.25, 0.3) is 0 Å². The summed E-state index contributed by atoms with van der Waals surface area (Å²) < 4.78 is 0. The normalized spacial score (nSPS) is 15.7. The van der Waals surface area contributed by atoms with Crippen LogP contribution in [0, 0.1) is 11.3 Å². The molecule has 1 aliphatic heterocycles. The van der Waals surface area contributed by atoms with Gasteiger partial charge in [-0.25, -0.2) is 4.98 Å². The number of nitriles is 1. The predicted octanol–water partition coefficient (Wildman–Crippen LogP) is 3.58. The number of piperidine rings is 1. The van der Waals surface area contributed by atoms with E-state index in [0.29, 0.717) is 11.7 Å². The number of pyridine rings is 2. The summed E-state index contributed by atoms with van der Waals surface area (Å²) in [6, 6.07) is 18.5. The third-order valence-electron chi connectivity index (χ3n) is 4.89. The van der Waals surface area contributed by atoms with Gasteiger partial charge in [0.15, 0.2) is 0 Å². The highest BCUT2D eigenvalue weighted by Crippen LogP contribution is 2.26. The highest BCUT2D eigenvalue weighted by atomic mass is 15.1. The second kappa shape index (κ2) is 7.51. The molecule has 0 saturated carbocycles. The average Bonchev–Trinajstić information content (AvgIpc) is 2.70. The van der Waals surface area contributed by atoms with Crippen LogP contribution >= 0.6 is 0 Å². The van der Waals surface area contributed by atoms with Gasteiger partial charge in [0.2, 0.25) is 0 Å². The van der Waals surface area contributed by atoms with Crippen molar-refractivity contribution in [1.29, 1.82) is 5.26 Å². The number of hydrogen-bond acceptors (Lipinski definition) is 5. The van der Waals surface area contributed by atoms with Crippen LogP contribution in [0.5, 0.6) is 0 Å². The molecular formula is C21H21N5. The van der Waals surface area contributed by atoms with E-state index in [4.69, 9.17) is 0 Å². The van der Waals surface area contributed by atoms with E-state index in [-0.39, 0.29) is 0 Å². The summed E-state index contributed by atoms with van der Waals surface area (Å²) in [5.41, 5.74) is 3.45. The molecule has 0 bridgehead atoms. The van der Waals surface area contributed by atoms with Crippen molar-refractivity contribution in [3.05, 3.63) is 66.1 Å². The van der Waals surface area contributed by atoms with Gasteiger partial charge in [-0.3, -0.25) is 9.88 Å². The summed E-state index contributed by atoms with van der Waals surface area (Å²) in [5.74, 6) is 0. The lowest BCUT2D eigenvalue weighted by atomic mass is 10.0. The quantitative estimate of drug-likeness (QED) is 0.784. The number of benzene rings is 1. The Balaban J connectivity index is 1.43. The Labute approximate surface area is 153 Å². The molecule has 2 aromatic heterocycles. The van der Waals surface area contributed by atoms with Crippen LogP contribution in [0.15, 0.2) is 54.7 Å². The molecule has 0 aliphatic carbocycles. The zero-order chi connectivity index (χ0) is 17.8. The van der Waals surface area contributed by atoms with Crippen LogP contribution in [0.4, 0.5) is 5.69 Å². The molecule has 130 valence electrons. The summed E-state index contributed by atoms with van der Waals surface area (Å²) in [6.07, 6.45) is 4.00. The van der Waals surface area contributed by atoms with Crippen molar-refractivity contribution in [3.8, 4) is 6.07 Å². The Morgan fingerprint density at radius 2 is 1.92 bits per heavy atom. The van der Waals surface area contributed by atoms with Crippen molar-refractivity contribution in [2.24, 2.45) is 0 Å². The van der Waals surface area contributed by atoms with Crippen LogP contribution in [0.2, 0.25) is 0 Å². The number of nitrogens with one attached hydrogen (secondary N) is 1. The van der Waals surface area contributed by atoms with Gasteiger partial charge >= 0.3 is 0 Å². The Kier molecular flexibility index (Phi) is 4.76. The standard InChI is InChI=1S/C21H21N5/c22-14-18-13-21(19-6-1-2-7-20(19)25-18)24-16-8-11-26(12-9-16)15-17-5-3-4-10-23-17/h1-7,10,13,16H,8-9,11-12,15H2,(H,24,25). The molecule has 0 atom stereocenters. The fourth-order valence-corrected chi connectivity index (χ4v) is 3.53. The van der Waals surface area contributed by atoms with Crippen molar-refractivity contribution in [1.82, 2.24) is 14.9 Å². The van der Waals surface area contributed by atoms with Gasteiger partial charge in [0, 0.05) is 42.9 Å². The van der Waals surface area contributed by atoms with E-state index >= 15 is 0 Å². The molecule has 0 radical (unpaired) electrons.